The Labute approximate surface area is 350 Å². The molecule has 4 nitrogen and oxygen atoms in total. The van der Waals surface area contributed by atoms with E-state index < -0.39 is 11.7 Å². The minimum atomic E-state index is -4.40. The molecule has 3 aromatic carbocycles. The van der Waals surface area contributed by atoms with Crippen LogP contribution in [0.1, 0.15) is 114 Å². The van der Waals surface area contributed by atoms with E-state index in [1.165, 1.54) is 23.8 Å². The largest absolute Gasteiger partial charge is 0.512 e. The molecule has 0 fully saturated rings. The van der Waals surface area contributed by atoms with Crippen LogP contribution in [0.25, 0.3) is 42.3 Å². The minimum Gasteiger partial charge on any atom is -0.512 e. The second-order valence-electron chi connectivity index (χ2n) is 18.7. The first-order chi connectivity index (χ1) is 25.3. The van der Waals surface area contributed by atoms with Gasteiger partial charge in [-0.15, -0.1) is 40.5 Å². The summed E-state index contributed by atoms with van der Waals surface area (Å²) in [5.74, 6) is 1.63. The van der Waals surface area contributed by atoms with Crippen molar-refractivity contribution >= 4 is 48.2 Å². The number of aliphatic hydroxyl groups excluding tert-OH is 1. The molecule has 307 valence electrons. The number of rotatable bonds is 9. The van der Waals surface area contributed by atoms with Gasteiger partial charge in [0.2, 0.25) is 0 Å². The summed E-state index contributed by atoms with van der Waals surface area (Å²) in [6.45, 7) is 29.3. The summed E-state index contributed by atoms with van der Waals surface area (Å²) in [6.07, 6.45) is -0.378. The first-order valence-electron chi connectivity index (χ1n) is 19.5. The molecular weight excluding hydrogens is 906 g/mol. The summed E-state index contributed by atoms with van der Waals surface area (Å²) in [5.41, 5.74) is 3.68. The van der Waals surface area contributed by atoms with Crippen molar-refractivity contribution < 1.29 is 43.2 Å². The van der Waals surface area contributed by atoms with E-state index in [0.717, 1.165) is 49.6 Å². The molecule has 2 heterocycles. The third-order valence-electron chi connectivity index (χ3n) is 10.1. The van der Waals surface area contributed by atoms with E-state index in [2.05, 4.69) is 110 Å². The third-order valence-corrected chi connectivity index (χ3v) is 11.3. The number of nitrogens with zero attached hydrogens (tertiary/aromatic N) is 2. The van der Waals surface area contributed by atoms with Gasteiger partial charge in [0.25, 0.3) is 0 Å². The monoisotopic (exact) mass is 966 g/mol. The van der Waals surface area contributed by atoms with E-state index >= 15 is 0 Å². The molecule has 0 aliphatic heterocycles. The van der Waals surface area contributed by atoms with Crippen molar-refractivity contribution in [2.45, 2.75) is 115 Å². The number of alkyl halides is 3. The van der Waals surface area contributed by atoms with E-state index in [1.807, 2.05) is 26.8 Å². The zero-order valence-electron chi connectivity index (χ0n) is 35.5. The van der Waals surface area contributed by atoms with Crippen LogP contribution in [0.3, 0.4) is 0 Å². The topological polar surface area (TPSA) is 63.1 Å². The Kier molecular flexibility index (Phi) is 15.4. The SMILES string of the molecule is CC(C)(C)Cc1ccc2c(c1)sc1c(-c3[c-]c4ccc(C(F)(F)F)cc4c(C(C)(C)C)c3)ncnc12.CC(C)C(C(=O)/C=C(\O)C(C(C)C)C(C)C)C(C)C.[Ir]. The van der Waals surface area contributed by atoms with Gasteiger partial charge in [-0.25, -0.2) is 4.98 Å². The van der Waals surface area contributed by atoms with Crippen LogP contribution in [0.4, 0.5) is 13.2 Å². The summed E-state index contributed by atoms with van der Waals surface area (Å²) >= 11 is 1.65. The van der Waals surface area contributed by atoms with Gasteiger partial charge in [0, 0.05) is 64.1 Å². The van der Waals surface area contributed by atoms with Crippen molar-refractivity contribution in [3.8, 4) is 11.3 Å². The zero-order chi connectivity index (χ0) is 41.4. The predicted octanol–water partition coefficient (Wildman–Crippen LogP) is 14.2. The van der Waals surface area contributed by atoms with Crippen LogP contribution in [0.2, 0.25) is 0 Å². The molecule has 0 saturated heterocycles. The third kappa shape index (κ3) is 11.3. The smallest absolute Gasteiger partial charge is 0.415 e. The number of aromatic nitrogens is 2. The van der Waals surface area contributed by atoms with Crippen LogP contribution >= 0.6 is 11.3 Å². The molecule has 0 unspecified atom stereocenters. The van der Waals surface area contributed by atoms with Gasteiger partial charge in [-0.3, -0.25) is 9.78 Å². The molecule has 56 heavy (non-hydrogen) atoms. The number of hydrogen-bond donors (Lipinski definition) is 1. The maximum Gasteiger partial charge on any atom is 0.415 e. The first-order valence-corrected chi connectivity index (χ1v) is 20.3. The van der Waals surface area contributed by atoms with Crippen LogP contribution in [0.15, 0.2) is 60.6 Å². The fraction of sp³-hybridized carbons (Fsp3) is 0.511. The van der Waals surface area contributed by atoms with Crippen molar-refractivity contribution in [2.24, 2.45) is 40.9 Å². The molecule has 5 rings (SSSR count). The summed E-state index contributed by atoms with van der Waals surface area (Å²) in [5, 5.41) is 12.6. The van der Waals surface area contributed by atoms with Crippen molar-refractivity contribution in [3.63, 3.8) is 0 Å². The summed E-state index contributed by atoms with van der Waals surface area (Å²) < 4.78 is 42.5. The fourth-order valence-corrected chi connectivity index (χ4v) is 9.18. The van der Waals surface area contributed by atoms with Crippen molar-refractivity contribution in [1.29, 1.82) is 0 Å². The van der Waals surface area contributed by atoms with Gasteiger partial charge < -0.3 is 5.11 Å². The zero-order valence-corrected chi connectivity index (χ0v) is 38.7. The number of thiophene rings is 1. The molecule has 0 atom stereocenters. The summed E-state index contributed by atoms with van der Waals surface area (Å²) in [4.78, 5) is 21.6. The number of carbonyl (C=O) groups excluding carboxylic acids is 1. The van der Waals surface area contributed by atoms with Crippen molar-refractivity contribution in [2.75, 3.05) is 0 Å². The Morgan fingerprint density at radius 1 is 0.804 bits per heavy atom. The molecule has 0 spiro atoms. The van der Waals surface area contributed by atoms with E-state index in [9.17, 15) is 23.1 Å². The number of aliphatic hydroxyl groups is 1. The summed E-state index contributed by atoms with van der Waals surface area (Å²) in [6, 6.07) is 15.7. The van der Waals surface area contributed by atoms with Crippen molar-refractivity contribution in [1.82, 2.24) is 9.97 Å². The Bertz CT molecular complexity index is 2150. The Hall–Kier alpha value is -3.13. The van der Waals surface area contributed by atoms with Crippen molar-refractivity contribution in [3.05, 3.63) is 83.4 Å². The average Bonchev–Trinajstić information content (AvgIpc) is 3.39. The number of hydrogen-bond acceptors (Lipinski definition) is 5. The molecule has 0 saturated carbocycles. The van der Waals surface area contributed by atoms with Gasteiger partial charge in [-0.2, -0.15) is 13.2 Å². The normalized spacial score (nSPS) is 13.2. The second-order valence-corrected chi connectivity index (χ2v) is 19.7. The predicted molar refractivity (Wildman–Crippen MR) is 226 cm³/mol. The number of ketones is 1. The molecule has 0 aliphatic rings. The molecule has 0 aliphatic carbocycles. The number of benzene rings is 3. The first kappa shape index (κ1) is 47.2. The number of halogens is 3. The van der Waals surface area contributed by atoms with E-state index in [-0.39, 0.29) is 54.3 Å². The molecule has 0 amide bonds. The van der Waals surface area contributed by atoms with Crippen LogP contribution in [0, 0.1) is 47.0 Å². The summed E-state index contributed by atoms with van der Waals surface area (Å²) in [7, 11) is 0. The quantitative estimate of drug-likeness (QED) is 0.0908. The fourth-order valence-electron chi connectivity index (χ4n) is 7.95. The maximum absolute atomic E-state index is 13.5. The number of carbonyl (C=O) groups is 1. The van der Waals surface area contributed by atoms with Gasteiger partial charge in [-0.05, 0) is 52.6 Å². The Balaban J connectivity index is 0.000000361. The molecular formula is C47H60F3IrN2O2S-. The van der Waals surface area contributed by atoms with E-state index in [0.29, 0.717) is 34.4 Å². The second kappa shape index (κ2) is 18.2. The van der Waals surface area contributed by atoms with Gasteiger partial charge in [0.1, 0.15) is 6.33 Å². The number of allylic oxidation sites excluding steroid dienone is 2. The van der Waals surface area contributed by atoms with Crippen LogP contribution < -0.4 is 0 Å². The van der Waals surface area contributed by atoms with Gasteiger partial charge in [0.15, 0.2) is 5.78 Å². The van der Waals surface area contributed by atoms with E-state index in [4.69, 9.17) is 0 Å². The molecule has 2 aromatic heterocycles. The van der Waals surface area contributed by atoms with Crippen LogP contribution in [0.5, 0.6) is 0 Å². The molecule has 9 heteroatoms. The molecule has 5 aromatic rings. The molecule has 0 bridgehead atoms. The van der Waals surface area contributed by atoms with Gasteiger partial charge in [0.05, 0.1) is 11.3 Å². The van der Waals surface area contributed by atoms with Crippen LogP contribution in [-0.4, -0.2) is 20.9 Å². The molecule has 1 N–H and O–H groups in total. The van der Waals surface area contributed by atoms with Crippen LogP contribution in [-0.2, 0) is 42.9 Å². The Morgan fingerprint density at radius 2 is 1.39 bits per heavy atom. The molecule has 1 radical (unpaired) electrons. The number of fused-ring (bicyclic) bond motifs is 4. The average molecular weight is 966 g/mol. The Morgan fingerprint density at radius 3 is 1.91 bits per heavy atom. The van der Waals surface area contributed by atoms with E-state index in [1.54, 1.807) is 17.7 Å². The standard InChI is InChI=1S/C30H28F3N2S.C17H32O2.Ir/c1-28(2,3)15-17-7-10-21-24(11-17)36-27-25(34-16-35-26(21)27)19-12-18-8-9-20(30(31,32)33)14-22(18)23(13-19)29(4,5)6;1-10(2)16(11(3)4)14(18)9-15(19)17(12(5)6)13(7)8;/h7-11,13-14,16H,15H2,1-6H3;9-13,16-18H,1-8H3;/q-1;;/b;14-9-;. The van der Waals surface area contributed by atoms with Gasteiger partial charge >= 0.3 is 6.18 Å². The maximum atomic E-state index is 13.5. The van der Waals surface area contributed by atoms with Gasteiger partial charge in [-0.1, -0.05) is 132 Å². The minimum absolute atomic E-state index is 0.